The number of likely N-dealkylation sites (tertiary alicyclic amines) is 1. The largest absolute Gasteiger partial charge is 0.494 e. The lowest BCUT2D eigenvalue weighted by molar-refractivity contribution is -0.132. The van der Waals surface area contributed by atoms with Crippen molar-refractivity contribution in [3.63, 3.8) is 0 Å². The third-order valence-electron chi connectivity index (χ3n) is 5.12. The van der Waals surface area contributed by atoms with E-state index in [-0.39, 0.29) is 23.6 Å². The number of piperidine rings is 1. The lowest BCUT2D eigenvalue weighted by Crippen LogP contribution is -2.40. The number of nitrogens with zero attached hydrogens (tertiary/aromatic N) is 2. The summed E-state index contributed by atoms with van der Waals surface area (Å²) in [6.07, 6.45) is 2.74. The lowest BCUT2D eigenvalue weighted by atomic mass is 9.96. The third-order valence-corrected chi connectivity index (χ3v) is 5.12. The molecule has 0 aliphatic carbocycles. The normalized spacial score (nSPS) is 18.2. The highest BCUT2D eigenvalue weighted by atomic mass is 16.5. The van der Waals surface area contributed by atoms with Crippen LogP contribution in [-0.4, -0.2) is 49.4 Å². The van der Waals surface area contributed by atoms with Crippen LogP contribution in [0.15, 0.2) is 18.2 Å². The van der Waals surface area contributed by atoms with Gasteiger partial charge >= 0.3 is 0 Å². The van der Waals surface area contributed by atoms with Gasteiger partial charge in [0.15, 0.2) is 0 Å². The quantitative estimate of drug-likeness (QED) is 0.892. The molecule has 140 valence electrons. The first-order chi connectivity index (χ1) is 12.5. The number of nitrogens with one attached hydrogen (secondary N) is 1. The topological polar surface area (TPSA) is 79.0 Å². The molecule has 0 aromatic heterocycles. The Kier molecular flexibility index (Phi) is 5.44. The number of anilines is 2. The van der Waals surface area contributed by atoms with Crippen molar-refractivity contribution in [2.75, 3.05) is 37.0 Å². The van der Waals surface area contributed by atoms with Crippen LogP contribution in [0.1, 0.15) is 32.6 Å². The summed E-state index contributed by atoms with van der Waals surface area (Å²) in [4.78, 5) is 39.4. The average Bonchev–Trinajstić information content (AvgIpc) is 3.07. The van der Waals surface area contributed by atoms with Gasteiger partial charge < -0.3 is 19.9 Å². The molecule has 1 N–H and O–H groups in total. The molecule has 3 amide bonds. The molecule has 26 heavy (non-hydrogen) atoms. The molecule has 2 heterocycles. The van der Waals surface area contributed by atoms with Gasteiger partial charge in [0.25, 0.3) is 0 Å². The number of amides is 3. The molecule has 2 saturated heterocycles. The van der Waals surface area contributed by atoms with Gasteiger partial charge in [0, 0.05) is 50.7 Å². The van der Waals surface area contributed by atoms with Gasteiger partial charge in [-0.15, -0.1) is 0 Å². The Morgan fingerprint density at radius 1 is 1.19 bits per heavy atom. The minimum Gasteiger partial charge on any atom is -0.494 e. The molecule has 2 fully saturated rings. The van der Waals surface area contributed by atoms with E-state index in [1.807, 2.05) is 6.07 Å². The van der Waals surface area contributed by atoms with E-state index in [0.29, 0.717) is 50.3 Å². The van der Waals surface area contributed by atoms with Crippen molar-refractivity contribution in [3.8, 4) is 5.75 Å². The molecule has 1 aromatic carbocycles. The Morgan fingerprint density at radius 3 is 2.50 bits per heavy atom. The molecule has 7 heteroatoms. The first-order valence-electron chi connectivity index (χ1n) is 9.04. The number of rotatable bonds is 4. The Balaban J connectivity index is 1.65. The molecule has 7 nitrogen and oxygen atoms in total. The van der Waals surface area contributed by atoms with E-state index in [4.69, 9.17) is 4.74 Å². The zero-order valence-corrected chi connectivity index (χ0v) is 15.3. The Labute approximate surface area is 153 Å². The van der Waals surface area contributed by atoms with Gasteiger partial charge in [-0.25, -0.2) is 0 Å². The molecule has 0 saturated carbocycles. The van der Waals surface area contributed by atoms with Crippen molar-refractivity contribution in [2.24, 2.45) is 5.92 Å². The summed E-state index contributed by atoms with van der Waals surface area (Å²) in [5.41, 5.74) is 1.39. The van der Waals surface area contributed by atoms with Crippen molar-refractivity contribution in [2.45, 2.75) is 32.6 Å². The SMILES string of the molecule is COc1cc(NC(=O)C2CCN(C(C)=O)CC2)ccc1N1CCCC1=O. The second-order valence-electron chi connectivity index (χ2n) is 6.81. The van der Waals surface area contributed by atoms with Gasteiger partial charge in [0.2, 0.25) is 17.7 Å². The van der Waals surface area contributed by atoms with Crippen LogP contribution in [0.5, 0.6) is 5.75 Å². The van der Waals surface area contributed by atoms with Crippen molar-refractivity contribution in [3.05, 3.63) is 18.2 Å². The lowest BCUT2D eigenvalue weighted by Gasteiger charge is -2.30. The Hall–Kier alpha value is -2.57. The minimum absolute atomic E-state index is 0.0414. The number of carbonyl (C=O) groups is 3. The molecule has 3 rings (SSSR count). The zero-order valence-electron chi connectivity index (χ0n) is 15.3. The molecule has 0 radical (unpaired) electrons. The number of benzene rings is 1. The standard InChI is InChI=1S/C19H25N3O4/c1-13(23)21-10-7-14(8-11-21)19(25)20-15-5-6-16(17(12-15)26-2)22-9-3-4-18(22)24/h5-6,12,14H,3-4,7-11H2,1-2H3,(H,20,25). The fourth-order valence-corrected chi connectivity index (χ4v) is 3.58. The van der Waals surface area contributed by atoms with Crippen molar-refractivity contribution < 1.29 is 19.1 Å². The van der Waals surface area contributed by atoms with E-state index in [1.54, 1.807) is 36.0 Å². The van der Waals surface area contributed by atoms with Gasteiger partial charge in [0.05, 0.1) is 12.8 Å². The third kappa shape index (κ3) is 3.81. The predicted octanol–water partition coefficient (Wildman–Crippen LogP) is 2.02. The average molecular weight is 359 g/mol. The van der Waals surface area contributed by atoms with Crippen molar-refractivity contribution >= 4 is 29.1 Å². The number of hydrogen-bond acceptors (Lipinski definition) is 4. The minimum atomic E-state index is -0.101. The van der Waals surface area contributed by atoms with Crippen molar-refractivity contribution in [1.29, 1.82) is 0 Å². The smallest absolute Gasteiger partial charge is 0.227 e. The summed E-state index contributed by atoms with van der Waals surface area (Å²) in [7, 11) is 1.56. The summed E-state index contributed by atoms with van der Waals surface area (Å²) in [5.74, 6) is 0.582. The molecule has 0 unspecified atom stereocenters. The molecule has 1 aromatic rings. The monoisotopic (exact) mass is 359 g/mol. The van der Waals surface area contributed by atoms with E-state index in [0.717, 1.165) is 12.1 Å². The Bertz CT molecular complexity index is 711. The highest BCUT2D eigenvalue weighted by Gasteiger charge is 2.27. The molecule has 2 aliphatic heterocycles. The maximum absolute atomic E-state index is 12.5. The Morgan fingerprint density at radius 2 is 1.92 bits per heavy atom. The predicted molar refractivity (Wildman–Crippen MR) is 98.2 cm³/mol. The van der Waals surface area contributed by atoms with Crippen LogP contribution in [0.25, 0.3) is 0 Å². The maximum atomic E-state index is 12.5. The summed E-state index contributed by atoms with van der Waals surface area (Å²) in [5, 5.41) is 2.93. The number of carbonyl (C=O) groups excluding carboxylic acids is 3. The van der Waals surface area contributed by atoms with Crippen LogP contribution >= 0.6 is 0 Å². The van der Waals surface area contributed by atoms with Gasteiger partial charge in [-0.1, -0.05) is 0 Å². The van der Waals surface area contributed by atoms with E-state index >= 15 is 0 Å². The van der Waals surface area contributed by atoms with Gasteiger partial charge in [0.1, 0.15) is 5.75 Å². The van der Waals surface area contributed by atoms with Crippen LogP contribution < -0.4 is 15.0 Å². The summed E-state index contributed by atoms with van der Waals surface area (Å²) >= 11 is 0. The van der Waals surface area contributed by atoms with E-state index in [2.05, 4.69) is 5.32 Å². The molecule has 0 atom stereocenters. The zero-order chi connectivity index (χ0) is 18.7. The van der Waals surface area contributed by atoms with Crippen LogP contribution in [0.3, 0.4) is 0 Å². The van der Waals surface area contributed by atoms with Crippen LogP contribution in [0.2, 0.25) is 0 Å². The molecular formula is C19H25N3O4. The van der Waals surface area contributed by atoms with Crippen LogP contribution in [0.4, 0.5) is 11.4 Å². The van der Waals surface area contributed by atoms with Gasteiger partial charge in [-0.2, -0.15) is 0 Å². The van der Waals surface area contributed by atoms with E-state index < -0.39 is 0 Å². The van der Waals surface area contributed by atoms with Crippen LogP contribution in [-0.2, 0) is 14.4 Å². The molecule has 0 spiro atoms. The van der Waals surface area contributed by atoms with E-state index in [1.165, 1.54) is 0 Å². The maximum Gasteiger partial charge on any atom is 0.227 e. The second-order valence-corrected chi connectivity index (χ2v) is 6.81. The fraction of sp³-hybridized carbons (Fsp3) is 0.526. The molecule has 0 bridgehead atoms. The van der Waals surface area contributed by atoms with E-state index in [9.17, 15) is 14.4 Å². The van der Waals surface area contributed by atoms with Gasteiger partial charge in [-0.3, -0.25) is 14.4 Å². The second kappa shape index (κ2) is 7.76. The molecular weight excluding hydrogens is 334 g/mol. The number of methoxy groups -OCH3 is 1. The first-order valence-corrected chi connectivity index (χ1v) is 9.04. The summed E-state index contributed by atoms with van der Waals surface area (Å²) < 4.78 is 5.42. The van der Waals surface area contributed by atoms with Crippen LogP contribution in [0, 0.1) is 5.92 Å². The first kappa shape index (κ1) is 18.2. The number of ether oxygens (including phenoxy) is 1. The molecule has 2 aliphatic rings. The fourth-order valence-electron chi connectivity index (χ4n) is 3.58. The highest BCUT2D eigenvalue weighted by Crippen LogP contribution is 2.34. The van der Waals surface area contributed by atoms with Gasteiger partial charge in [-0.05, 0) is 31.4 Å². The highest BCUT2D eigenvalue weighted by molar-refractivity contribution is 5.98. The van der Waals surface area contributed by atoms with Crippen molar-refractivity contribution in [1.82, 2.24) is 4.90 Å². The summed E-state index contributed by atoms with van der Waals surface area (Å²) in [6, 6.07) is 5.37. The number of hydrogen-bond donors (Lipinski definition) is 1. The summed E-state index contributed by atoms with van der Waals surface area (Å²) in [6.45, 7) is 3.48.